The lowest BCUT2D eigenvalue weighted by atomic mass is 10.1. The second-order valence-electron chi connectivity index (χ2n) is 7.58. The minimum atomic E-state index is -0.555. The molecule has 4 bridgehead atoms. The first-order valence-electron chi connectivity index (χ1n) is 11.2. The fourth-order valence-electron chi connectivity index (χ4n) is 3.66. The molecule has 5 nitrogen and oxygen atoms in total. The molecule has 0 saturated carbocycles. The number of thioether (sulfide) groups is 1. The van der Waals surface area contributed by atoms with Crippen LogP contribution < -0.4 is 15.5 Å². The van der Waals surface area contributed by atoms with Crippen molar-refractivity contribution in [2.75, 3.05) is 41.9 Å². The van der Waals surface area contributed by atoms with E-state index in [1.165, 1.54) is 17.7 Å². The third kappa shape index (κ3) is 6.35. The molecule has 0 spiro atoms. The summed E-state index contributed by atoms with van der Waals surface area (Å²) in [7, 11) is 2.07. The summed E-state index contributed by atoms with van der Waals surface area (Å²) < 4.78 is 28.6. The van der Waals surface area contributed by atoms with Crippen LogP contribution in [0.1, 0.15) is 32.3 Å². The van der Waals surface area contributed by atoms with Crippen molar-refractivity contribution in [3.63, 3.8) is 0 Å². The summed E-state index contributed by atoms with van der Waals surface area (Å²) in [5, 5.41) is 6.47. The highest BCUT2D eigenvalue weighted by atomic mass is 32.2. The Morgan fingerprint density at radius 2 is 1.91 bits per heavy atom. The smallest absolute Gasteiger partial charge is 0.227 e. The lowest BCUT2D eigenvalue weighted by Gasteiger charge is -2.21. The lowest BCUT2D eigenvalue weighted by molar-refractivity contribution is 0.617. The van der Waals surface area contributed by atoms with Gasteiger partial charge in [-0.25, -0.2) is 18.7 Å². The van der Waals surface area contributed by atoms with Crippen molar-refractivity contribution in [1.82, 2.24) is 9.97 Å². The second kappa shape index (κ2) is 11.8. The van der Waals surface area contributed by atoms with Crippen molar-refractivity contribution in [2.24, 2.45) is 0 Å². The summed E-state index contributed by atoms with van der Waals surface area (Å²) in [5.41, 5.74) is 4.30. The lowest BCUT2D eigenvalue weighted by Crippen LogP contribution is -2.19. The summed E-state index contributed by atoms with van der Waals surface area (Å²) in [6, 6.07) is 10.5. The van der Waals surface area contributed by atoms with Crippen molar-refractivity contribution in [1.29, 1.82) is 0 Å². The van der Waals surface area contributed by atoms with Crippen LogP contribution >= 0.6 is 11.8 Å². The van der Waals surface area contributed by atoms with E-state index in [2.05, 4.69) is 57.0 Å². The second-order valence-corrected chi connectivity index (χ2v) is 8.45. The van der Waals surface area contributed by atoms with Gasteiger partial charge >= 0.3 is 0 Å². The molecule has 0 fully saturated rings. The van der Waals surface area contributed by atoms with E-state index in [1.54, 1.807) is 17.8 Å². The van der Waals surface area contributed by atoms with E-state index in [-0.39, 0.29) is 17.5 Å². The van der Waals surface area contributed by atoms with Gasteiger partial charge in [0.05, 0.1) is 6.20 Å². The minimum absolute atomic E-state index is 0.132. The SMILES string of the molecule is CC.CSCc1cc2cc(c1)N(C)CCCCNc1cc(F)ccc1-c1nc(ncc1F)N2. The molecule has 2 heterocycles. The average Bonchev–Trinajstić information content (AvgIpc) is 2.81. The summed E-state index contributed by atoms with van der Waals surface area (Å²) in [6.07, 6.45) is 5.08. The van der Waals surface area contributed by atoms with Crippen LogP contribution in [0.2, 0.25) is 0 Å². The average molecular weight is 472 g/mol. The maximum atomic E-state index is 14.7. The van der Waals surface area contributed by atoms with Crippen LogP contribution in [0.15, 0.2) is 42.6 Å². The number of aromatic nitrogens is 2. The fourth-order valence-corrected chi connectivity index (χ4v) is 4.16. The zero-order valence-electron chi connectivity index (χ0n) is 19.6. The number of fused-ring (bicyclic) bond motifs is 6. The largest absolute Gasteiger partial charge is 0.384 e. The van der Waals surface area contributed by atoms with Gasteiger partial charge in [0.2, 0.25) is 5.95 Å². The van der Waals surface area contributed by atoms with Crippen molar-refractivity contribution < 1.29 is 8.78 Å². The first-order chi connectivity index (χ1) is 16.0. The number of rotatable bonds is 2. The molecule has 1 aromatic heterocycles. The summed E-state index contributed by atoms with van der Waals surface area (Å²) in [6.45, 7) is 5.54. The normalized spacial score (nSPS) is 13.3. The number of halogens is 2. The van der Waals surface area contributed by atoms with Gasteiger partial charge in [-0.15, -0.1) is 0 Å². The summed E-state index contributed by atoms with van der Waals surface area (Å²) in [5.74, 6) is 0.237. The zero-order valence-corrected chi connectivity index (χ0v) is 20.4. The van der Waals surface area contributed by atoms with E-state index in [1.807, 2.05) is 13.8 Å². The molecule has 4 rings (SSSR count). The molecule has 3 aromatic rings. The maximum Gasteiger partial charge on any atom is 0.227 e. The van der Waals surface area contributed by atoms with Gasteiger partial charge in [0.1, 0.15) is 11.5 Å². The maximum absolute atomic E-state index is 14.7. The number of benzene rings is 2. The topological polar surface area (TPSA) is 53.1 Å². The molecule has 0 aliphatic carbocycles. The van der Waals surface area contributed by atoms with Gasteiger partial charge in [0.25, 0.3) is 0 Å². The Bertz CT molecular complexity index is 1080. The Morgan fingerprint density at radius 1 is 1.09 bits per heavy atom. The fraction of sp³-hybridized carbons (Fsp3) is 0.360. The van der Waals surface area contributed by atoms with Gasteiger partial charge < -0.3 is 15.5 Å². The molecule has 2 N–H and O–H groups in total. The zero-order chi connectivity index (χ0) is 23.8. The number of nitrogens with zero attached hydrogens (tertiary/aromatic N) is 3. The van der Waals surface area contributed by atoms with Crippen LogP contribution in [0.25, 0.3) is 11.3 Å². The van der Waals surface area contributed by atoms with Gasteiger partial charge in [-0.3, -0.25) is 0 Å². The van der Waals surface area contributed by atoms with Crippen LogP contribution in [0.5, 0.6) is 0 Å². The molecule has 0 saturated heterocycles. The Balaban J connectivity index is 0.00000149. The number of nitrogens with one attached hydrogen (secondary N) is 2. The number of hydrogen-bond donors (Lipinski definition) is 2. The van der Waals surface area contributed by atoms with Crippen LogP contribution in [0, 0.1) is 11.6 Å². The third-order valence-electron chi connectivity index (χ3n) is 5.20. The highest BCUT2D eigenvalue weighted by Crippen LogP contribution is 2.31. The predicted molar refractivity (Wildman–Crippen MR) is 137 cm³/mol. The molecule has 0 atom stereocenters. The van der Waals surface area contributed by atoms with Crippen molar-refractivity contribution >= 4 is 34.8 Å². The first kappa shape index (κ1) is 24.8. The Morgan fingerprint density at radius 3 is 2.70 bits per heavy atom. The van der Waals surface area contributed by atoms with Gasteiger partial charge in [0.15, 0.2) is 5.82 Å². The van der Waals surface area contributed by atoms with Crippen LogP contribution in [-0.2, 0) is 5.75 Å². The predicted octanol–water partition coefficient (Wildman–Crippen LogP) is 6.70. The monoisotopic (exact) mass is 471 g/mol. The molecule has 176 valence electrons. The van der Waals surface area contributed by atoms with Gasteiger partial charge in [-0.2, -0.15) is 11.8 Å². The third-order valence-corrected chi connectivity index (χ3v) is 5.82. The molecule has 33 heavy (non-hydrogen) atoms. The molecule has 1 aliphatic rings. The van der Waals surface area contributed by atoms with E-state index >= 15 is 0 Å². The number of hydrogen-bond acceptors (Lipinski definition) is 6. The van der Waals surface area contributed by atoms with Crippen LogP contribution in [0.4, 0.5) is 31.8 Å². The quantitative estimate of drug-likeness (QED) is 0.434. The highest BCUT2D eigenvalue weighted by Gasteiger charge is 2.16. The summed E-state index contributed by atoms with van der Waals surface area (Å²) in [4.78, 5) is 10.8. The van der Waals surface area contributed by atoms with Gasteiger partial charge in [-0.1, -0.05) is 13.8 Å². The van der Waals surface area contributed by atoms with Crippen molar-refractivity contribution in [3.05, 3.63) is 59.8 Å². The minimum Gasteiger partial charge on any atom is -0.384 e. The highest BCUT2D eigenvalue weighted by molar-refractivity contribution is 7.97. The van der Waals surface area contributed by atoms with E-state index in [4.69, 9.17) is 0 Å². The Labute approximate surface area is 199 Å². The van der Waals surface area contributed by atoms with E-state index in [0.29, 0.717) is 17.8 Å². The first-order valence-corrected chi connectivity index (χ1v) is 12.6. The van der Waals surface area contributed by atoms with E-state index < -0.39 is 5.82 Å². The number of anilines is 4. The Hall–Kier alpha value is -2.87. The Kier molecular flexibility index (Phi) is 8.88. The molecule has 0 amide bonds. The standard InChI is InChI=1S/C23H25F2N5S.C2H6/c1-30-8-4-3-7-26-21-11-16(24)5-6-19(21)22-20(25)13-27-23(29-22)28-17-9-15(14-31-2)10-18(30)12-17;1-2/h5-6,9-13,26H,3-4,7-8,14H2,1-2H3,(H,27,28,29);1-2H3. The van der Waals surface area contributed by atoms with Gasteiger partial charge in [-0.05, 0) is 61.1 Å². The molecule has 8 heteroatoms. The molecule has 0 unspecified atom stereocenters. The van der Waals surface area contributed by atoms with E-state index in [0.717, 1.165) is 42.7 Å². The molecule has 0 radical (unpaired) electrons. The molecular weight excluding hydrogens is 440 g/mol. The molecule has 1 aliphatic heterocycles. The summed E-state index contributed by atoms with van der Waals surface area (Å²) >= 11 is 1.76. The van der Waals surface area contributed by atoms with Crippen molar-refractivity contribution in [2.45, 2.75) is 32.4 Å². The van der Waals surface area contributed by atoms with Crippen LogP contribution in [-0.4, -0.2) is 36.4 Å². The molecular formula is C25H31F2N5S. The van der Waals surface area contributed by atoms with Crippen molar-refractivity contribution in [3.8, 4) is 11.3 Å². The van der Waals surface area contributed by atoms with Gasteiger partial charge in [0, 0.05) is 48.5 Å². The molecule has 2 aromatic carbocycles. The van der Waals surface area contributed by atoms with E-state index in [9.17, 15) is 8.78 Å². The van der Waals surface area contributed by atoms with Crippen LogP contribution in [0.3, 0.4) is 0 Å².